The summed E-state index contributed by atoms with van der Waals surface area (Å²) in [5.41, 5.74) is 3.45. The van der Waals surface area contributed by atoms with Gasteiger partial charge in [-0.25, -0.2) is 8.42 Å². The van der Waals surface area contributed by atoms with Gasteiger partial charge in [0.25, 0.3) is 15.1 Å². The average molecular weight is 698 g/mol. The number of rotatable bonds is 11. The molecule has 1 aromatic heterocycles. The maximum atomic E-state index is 11.4. The molecule has 1 N–H and O–H groups in total. The molecule has 1 aliphatic rings. The van der Waals surface area contributed by atoms with Gasteiger partial charge in [0.1, 0.15) is 4.70 Å². The van der Waals surface area contributed by atoms with Crippen LogP contribution in [0.5, 0.6) is 0 Å². The molecular formula is C29H26Cl2N2O6S4. The number of aryl methyl sites for hydroxylation is 1. The molecule has 3 aromatic carbocycles. The summed E-state index contributed by atoms with van der Waals surface area (Å²) >= 11 is 15.7. The summed E-state index contributed by atoms with van der Waals surface area (Å²) < 4.78 is 69.1. The number of hydrogen-bond acceptors (Lipinski definition) is 8. The second-order valence-electron chi connectivity index (χ2n) is 9.77. The standard InChI is InChI=1S/C29H26Cl2N2O6S4/c30-22-8-10-26-24(18-22)32(12-4-14-42(34,35)36)28(40-26)16-21(20-6-2-1-3-7-20)17-29-33(13-5-15-43(37,38)39)25-19-23(31)9-11-27(25)41-29/h1-3,6-11,16-19H,4-5,12-15H2,(H-,34,35,36,37,38,39). The molecule has 0 amide bonds. The van der Waals surface area contributed by atoms with Crippen molar-refractivity contribution in [3.05, 3.63) is 98.5 Å². The van der Waals surface area contributed by atoms with Crippen LogP contribution >= 0.6 is 46.3 Å². The molecule has 2 heterocycles. The number of aromatic nitrogens is 1. The van der Waals surface area contributed by atoms with E-state index >= 15 is 0 Å². The monoisotopic (exact) mass is 696 g/mol. The van der Waals surface area contributed by atoms with Gasteiger partial charge in [-0.3, -0.25) is 4.55 Å². The third-order valence-corrected chi connectivity index (χ3v) is 10.9. The van der Waals surface area contributed by atoms with Crippen LogP contribution in [-0.4, -0.2) is 44.0 Å². The predicted octanol–water partition coefficient (Wildman–Crippen LogP) is 6.70. The Hall–Kier alpha value is -2.42. The van der Waals surface area contributed by atoms with Crippen LogP contribution < -0.4 is 9.47 Å². The van der Waals surface area contributed by atoms with Gasteiger partial charge in [0.05, 0.1) is 26.6 Å². The number of fused-ring (bicyclic) bond motifs is 2. The Labute approximate surface area is 268 Å². The number of hydrogen-bond donors (Lipinski definition) is 1. The maximum absolute atomic E-state index is 11.4. The van der Waals surface area contributed by atoms with E-state index in [0.717, 1.165) is 42.0 Å². The molecule has 1 aliphatic heterocycles. The zero-order valence-corrected chi connectivity index (χ0v) is 27.3. The van der Waals surface area contributed by atoms with Gasteiger partial charge < -0.3 is 9.45 Å². The van der Waals surface area contributed by atoms with E-state index in [-0.39, 0.29) is 18.6 Å². The first-order valence-electron chi connectivity index (χ1n) is 13.1. The molecule has 0 unspecified atom stereocenters. The topological polar surface area (TPSA) is 119 Å². The lowest BCUT2D eigenvalue weighted by Crippen LogP contribution is -2.36. The molecule has 43 heavy (non-hydrogen) atoms. The van der Waals surface area contributed by atoms with Crippen LogP contribution in [0.4, 0.5) is 5.69 Å². The minimum Gasteiger partial charge on any atom is -0.748 e. The van der Waals surface area contributed by atoms with E-state index in [0.29, 0.717) is 23.1 Å². The first-order chi connectivity index (χ1) is 20.4. The van der Waals surface area contributed by atoms with Crippen molar-refractivity contribution in [2.24, 2.45) is 0 Å². The fourth-order valence-corrected chi connectivity index (χ4v) is 8.28. The molecule has 0 atom stereocenters. The second-order valence-corrected chi connectivity index (χ2v) is 15.9. The molecule has 0 bridgehead atoms. The number of anilines is 1. The highest BCUT2D eigenvalue weighted by atomic mass is 35.5. The first kappa shape index (κ1) is 32.0. The highest BCUT2D eigenvalue weighted by Crippen LogP contribution is 2.48. The van der Waals surface area contributed by atoms with E-state index in [4.69, 9.17) is 23.2 Å². The van der Waals surface area contributed by atoms with Crippen LogP contribution in [0.3, 0.4) is 0 Å². The number of allylic oxidation sites excluding steroid dienone is 2. The van der Waals surface area contributed by atoms with Crippen LogP contribution in [-0.2, 0) is 26.8 Å². The lowest BCUT2D eigenvalue weighted by atomic mass is 10.1. The molecule has 5 rings (SSSR count). The SMILES string of the molecule is O=S(=O)([O-])CCC[n+]1c(/C=C(/C=C2\Sc3ccc(Cl)cc3N2CCCS(=O)(=O)O)c2ccccc2)sc2ccc(Cl)cc21. The van der Waals surface area contributed by atoms with Crippen molar-refractivity contribution in [1.29, 1.82) is 0 Å². The number of thiazole rings is 1. The van der Waals surface area contributed by atoms with E-state index in [1.807, 2.05) is 76.2 Å². The van der Waals surface area contributed by atoms with Crippen LogP contribution in [0.15, 0.2) is 82.7 Å². The molecule has 0 radical (unpaired) electrons. The van der Waals surface area contributed by atoms with Gasteiger partial charge in [-0.2, -0.15) is 13.0 Å². The Morgan fingerprint density at radius 3 is 2.40 bits per heavy atom. The molecule has 8 nitrogen and oxygen atoms in total. The summed E-state index contributed by atoms with van der Waals surface area (Å²) in [5.74, 6) is -0.852. The molecule has 0 saturated carbocycles. The molecule has 14 heteroatoms. The average Bonchev–Trinajstić information content (AvgIpc) is 3.44. The molecule has 0 saturated heterocycles. The highest BCUT2D eigenvalue weighted by molar-refractivity contribution is 8.03. The largest absolute Gasteiger partial charge is 0.748 e. The second kappa shape index (κ2) is 13.3. The molecule has 0 spiro atoms. The summed E-state index contributed by atoms with van der Waals surface area (Å²) in [6.45, 7) is 0.631. The van der Waals surface area contributed by atoms with Crippen molar-refractivity contribution in [2.75, 3.05) is 23.0 Å². The van der Waals surface area contributed by atoms with Gasteiger partial charge in [-0.1, -0.05) is 76.6 Å². The minimum absolute atomic E-state index is 0.144. The van der Waals surface area contributed by atoms with Crippen molar-refractivity contribution in [1.82, 2.24) is 0 Å². The van der Waals surface area contributed by atoms with Gasteiger partial charge in [-0.15, -0.1) is 0 Å². The van der Waals surface area contributed by atoms with E-state index in [9.17, 15) is 25.9 Å². The minimum atomic E-state index is -4.37. The van der Waals surface area contributed by atoms with Crippen LogP contribution in [0, 0.1) is 0 Å². The number of benzene rings is 3. The third kappa shape index (κ3) is 8.40. The third-order valence-electron chi connectivity index (χ3n) is 6.61. The summed E-state index contributed by atoms with van der Waals surface area (Å²) in [5, 5.41) is 2.76. The normalized spacial score (nSPS) is 15.0. The van der Waals surface area contributed by atoms with Crippen molar-refractivity contribution < 1.29 is 30.5 Å². The number of nitrogens with zero attached hydrogens (tertiary/aromatic N) is 2. The van der Waals surface area contributed by atoms with Crippen LogP contribution in [0.1, 0.15) is 23.4 Å². The van der Waals surface area contributed by atoms with E-state index in [1.165, 1.54) is 23.1 Å². The fourth-order valence-electron chi connectivity index (χ4n) is 4.73. The predicted molar refractivity (Wildman–Crippen MR) is 174 cm³/mol. The number of thioether (sulfide) groups is 1. The Morgan fingerprint density at radius 1 is 0.953 bits per heavy atom. The summed E-state index contributed by atoms with van der Waals surface area (Å²) in [6.07, 6.45) is 4.38. The molecular weight excluding hydrogens is 672 g/mol. The number of halogens is 2. The van der Waals surface area contributed by atoms with E-state index in [2.05, 4.69) is 0 Å². The lowest BCUT2D eigenvalue weighted by molar-refractivity contribution is -0.668. The molecule has 226 valence electrons. The van der Waals surface area contributed by atoms with Gasteiger partial charge in [0.15, 0.2) is 6.54 Å². The van der Waals surface area contributed by atoms with Crippen LogP contribution in [0.25, 0.3) is 21.9 Å². The van der Waals surface area contributed by atoms with E-state index in [1.54, 1.807) is 12.1 Å². The zero-order valence-electron chi connectivity index (χ0n) is 22.5. The van der Waals surface area contributed by atoms with Gasteiger partial charge in [-0.05, 0) is 54.0 Å². The van der Waals surface area contributed by atoms with Gasteiger partial charge in [0, 0.05) is 45.8 Å². The lowest BCUT2D eigenvalue weighted by Gasteiger charge is -2.21. The fraction of sp³-hybridized carbons (Fsp3) is 0.207. The van der Waals surface area contributed by atoms with Gasteiger partial charge in [0.2, 0.25) is 5.52 Å². The quantitative estimate of drug-likeness (QED) is 0.136. The molecule has 0 fully saturated rings. The maximum Gasteiger partial charge on any atom is 0.264 e. The van der Waals surface area contributed by atoms with Crippen molar-refractivity contribution in [3.8, 4) is 0 Å². The molecule has 0 aliphatic carbocycles. The smallest absolute Gasteiger partial charge is 0.264 e. The van der Waals surface area contributed by atoms with Gasteiger partial charge >= 0.3 is 0 Å². The van der Waals surface area contributed by atoms with Crippen molar-refractivity contribution >= 4 is 94.1 Å². The first-order valence-corrected chi connectivity index (χ1v) is 18.7. The van der Waals surface area contributed by atoms with Crippen molar-refractivity contribution in [2.45, 2.75) is 24.3 Å². The summed E-state index contributed by atoms with van der Waals surface area (Å²) in [6, 6.07) is 20.8. The van der Waals surface area contributed by atoms with E-state index < -0.39 is 26.0 Å². The van der Waals surface area contributed by atoms with Crippen molar-refractivity contribution in [3.63, 3.8) is 0 Å². The van der Waals surface area contributed by atoms with Crippen LogP contribution in [0.2, 0.25) is 10.0 Å². The summed E-state index contributed by atoms with van der Waals surface area (Å²) in [7, 11) is -8.49. The Bertz CT molecular complexity index is 1940. The highest BCUT2D eigenvalue weighted by Gasteiger charge is 2.27. The molecule has 4 aromatic rings. The Morgan fingerprint density at radius 2 is 1.67 bits per heavy atom. The Kier molecular flexibility index (Phi) is 9.89. The Balaban J connectivity index is 1.61. The summed E-state index contributed by atoms with van der Waals surface area (Å²) in [4.78, 5) is 2.95. The zero-order chi connectivity index (χ0) is 30.8.